The number of ether oxygens (including phenoxy) is 1. The third kappa shape index (κ3) is 13.6. The lowest BCUT2D eigenvalue weighted by Gasteiger charge is -2.39. The molecule has 5 N–H and O–H groups in total. The van der Waals surface area contributed by atoms with Gasteiger partial charge < -0.3 is 35.3 Å². The molecule has 402 valence electrons. The van der Waals surface area contributed by atoms with E-state index < -0.39 is 52.7 Å². The number of likely N-dealkylation sites (tertiary alicyclic amines) is 1. The molecule has 5 aromatic rings. The first-order valence-corrected chi connectivity index (χ1v) is 28.1. The molecule has 3 aromatic carbocycles. The number of fused-ring (bicyclic) bond motifs is 1. The van der Waals surface area contributed by atoms with E-state index in [4.69, 9.17) is 21.4 Å². The molecule has 2 aliphatic heterocycles. The summed E-state index contributed by atoms with van der Waals surface area (Å²) in [7, 11) is -11.1. The predicted molar refractivity (Wildman–Crippen MR) is 279 cm³/mol. The minimum atomic E-state index is -6.11. The number of sulfone groups is 1. The van der Waals surface area contributed by atoms with Gasteiger partial charge in [-0.2, -0.15) is 13.2 Å². The van der Waals surface area contributed by atoms with Crippen molar-refractivity contribution in [3.63, 3.8) is 0 Å². The van der Waals surface area contributed by atoms with E-state index in [0.717, 1.165) is 51.0 Å². The molecule has 3 aliphatic rings. The number of pyridine rings is 1. The number of carboxylic acid groups (broad SMARTS) is 1. The van der Waals surface area contributed by atoms with Crippen LogP contribution >= 0.6 is 11.6 Å². The molecule has 4 heterocycles. The van der Waals surface area contributed by atoms with E-state index in [1.165, 1.54) is 29.0 Å². The number of aliphatic carboxylic acids is 1. The van der Waals surface area contributed by atoms with Gasteiger partial charge in [-0.05, 0) is 116 Å². The van der Waals surface area contributed by atoms with Gasteiger partial charge in [-0.1, -0.05) is 43.2 Å². The molecular formula is C52H60ClF3N8O9S2. The summed E-state index contributed by atoms with van der Waals surface area (Å²) in [5, 5.41) is 15.6. The van der Waals surface area contributed by atoms with Crippen LogP contribution in [-0.2, 0) is 29.4 Å². The molecule has 0 spiro atoms. The Hall–Kier alpha value is -6.20. The Morgan fingerprint density at radius 1 is 0.907 bits per heavy atom. The number of amides is 2. The van der Waals surface area contributed by atoms with Crippen LogP contribution in [-0.4, -0.2) is 130 Å². The number of carboxylic acids is 1. The third-order valence-electron chi connectivity index (χ3n) is 13.8. The average molecular weight is 1100 g/mol. The fraction of sp³-hybridized carbons (Fsp3) is 0.423. The quantitative estimate of drug-likeness (QED) is 0.0436. The number of piperazine rings is 1. The van der Waals surface area contributed by atoms with Gasteiger partial charge in [0.2, 0.25) is 5.91 Å². The van der Waals surface area contributed by atoms with Crippen molar-refractivity contribution in [2.24, 2.45) is 11.3 Å². The van der Waals surface area contributed by atoms with Gasteiger partial charge in [0.1, 0.15) is 22.0 Å². The van der Waals surface area contributed by atoms with Crippen LogP contribution in [0.2, 0.25) is 5.02 Å². The van der Waals surface area contributed by atoms with Crippen molar-refractivity contribution in [2.75, 3.05) is 75.7 Å². The lowest BCUT2D eigenvalue weighted by atomic mass is 9.72. The molecule has 0 atom stereocenters. The molecule has 75 heavy (non-hydrogen) atoms. The van der Waals surface area contributed by atoms with E-state index >= 15 is 0 Å². The Balaban J connectivity index is 0.948. The van der Waals surface area contributed by atoms with E-state index in [1.807, 2.05) is 21.8 Å². The number of aromatic amines is 1. The zero-order valence-corrected chi connectivity index (χ0v) is 43.9. The summed E-state index contributed by atoms with van der Waals surface area (Å²) >= 11 is 6.24. The highest BCUT2D eigenvalue weighted by Crippen LogP contribution is 2.44. The Bertz CT molecular complexity index is 3180. The van der Waals surface area contributed by atoms with Crippen LogP contribution in [0.3, 0.4) is 0 Å². The number of nitrogens with zero attached hydrogens (tertiary/aromatic N) is 4. The van der Waals surface area contributed by atoms with Crippen LogP contribution in [0.25, 0.3) is 16.6 Å². The molecule has 17 nitrogen and oxygen atoms in total. The molecule has 1 aliphatic carbocycles. The standard InChI is InChI=1S/C52H60ClF3N8O9S2/c1-51(2)17-15-36(43(29-51)34-7-9-38(53)10-8-34)31-62-22-24-64(25-23-62)39-11-13-42(45(27-39)73-40-26-35-16-20-58-48(35)60-30-40)50(68)61-75(71,72)41-12-14-44(46(28-41)74(69,70)52(54,55)56)57-19-5-21-63-32-37(33-63)49(67)59-18-4-3-6-47(65)66/h7-14,16,20,26-28,30,37,57H,3-6,15,17-19,21-25,29,31-33H2,1-2H3,(H,58,60)(H,59,67)(H,61,68)(H,65,66). The van der Waals surface area contributed by atoms with E-state index in [9.17, 15) is 44.4 Å². The fourth-order valence-corrected chi connectivity index (χ4v) is 11.7. The molecule has 0 unspecified atom stereocenters. The zero-order valence-electron chi connectivity index (χ0n) is 41.5. The molecule has 2 saturated heterocycles. The number of carbonyl (C=O) groups excluding carboxylic acids is 2. The number of alkyl halides is 3. The molecule has 0 bridgehead atoms. The first-order valence-electron chi connectivity index (χ1n) is 24.7. The monoisotopic (exact) mass is 1100 g/mol. The molecule has 0 saturated carbocycles. The summed E-state index contributed by atoms with van der Waals surface area (Å²) in [5.41, 5.74) is -1.17. The van der Waals surface area contributed by atoms with Crippen LogP contribution in [0, 0.1) is 11.3 Å². The minimum Gasteiger partial charge on any atom is -0.481 e. The molecule has 8 rings (SSSR count). The second-order valence-corrected chi connectivity index (χ2v) is 24.0. The topological polar surface area (TPSA) is 223 Å². The van der Waals surface area contributed by atoms with Crippen molar-refractivity contribution in [1.82, 2.24) is 29.8 Å². The van der Waals surface area contributed by atoms with Crippen LogP contribution in [0.15, 0.2) is 101 Å². The number of unbranched alkanes of at least 4 members (excludes halogenated alkanes) is 1. The number of benzene rings is 3. The Morgan fingerprint density at radius 3 is 2.37 bits per heavy atom. The number of sulfonamides is 1. The number of nitrogens with one attached hydrogen (secondary N) is 4. The highest BCUT2D eigenvalue weighted by Gasteiger charge is 2.48. The number of carbonyl (C=O) groups is 3. The van der Waals surface area contributed by atoms with Gasteiger partial charge in [0, 0.05) is 93.7 Å². The summed E-state index contributed by atoms with van der Waals surface area (Å²) in [6.45, 7) is 9.72. The minimum absolute atomic E-state index is 0.00992. The summed E-state index contributed by atoms with van der Waals surface area (Å²) < 4.78 is 104. The Labute approximate surface area is 438 Å². The number of rotatable bonds is 21. The normalized spacial score (nSPS) is 16.9. The van der Waals surface area contributed by atoms with Gasteiger partial charge in [-0.25, -0.2) is 26.5 Å². The van der Waals surface area contributed by atoms with Crippen molar-refractivity contribution in [3.05, 3.63) is 107 Å². The fourth-order valence-electron chi connectivity index (χ4n) is 9.58. The van der Waals surface area contributed by atoms with Gasteiger partial charge >= 0.3 is 11.5 Å². The number of hydrogen-bond acceptors (Lipinski definition) is 13. The van der Waals surface area contributed by atoms with Crippen molar-refractivity contribution in [1.29, 1.82) is 0 Å². The summed E-state index contributed by atoms with van der Waals surface area (Å²) in [5.74, 6) is -2.36. The third-order valence-corrected chi connectivity index (χ3v) is 16.9. The summed E-state index contributed by atoms with van der Waals surface area (Å²) in [4.78, 5) is 48.7. The summed E-state index contributed by atoms with van der Waals surface area (Å²) in [6.07, 6.45) is 7.44. The Morgan fingerprint density at radius 2 is 1.65 bits per heavy atom. The van der Waals surface area contributed by atoms with E-state index in [1.54, 1.807) is 30.5 Å². The van der Waals surface area contributed by atoms with Crippen molar-refractivity contribution in [3.8, 4) is 11.5 Å². The SMILES string of the molecule is CC1(C)CCC(CN2CCN(c3ccc(C(=O)NS(=O)(=O)c4ccc(NCCCN5CC(C(=O)NCCCCC(=O)O)C5)c(S(=O)(=O)C(F)(F)F)c4)c(Oc4cnc5[nH]ccc5c4)c3)CC2)=C(c2ccc(Cl)cc2)C1. The molecule has 2 fully saturated rings. The van der Waals surface area contributed by atoms with Gasteiger partial charge in [0.05, 0.1) is 28.3 Å². The molecule has 23 heteroatoms. The maximum absolute atomic E-state index is 14.1. The van der Waals surface area contributed by atoms with E-state index in [0.29, 0.717) is 86.3 Å². The highest BCUT2D eigenvalue weighted by atomic mass is 35.5. The lowest BCUT2D eigenvalue weighted by molar-refractivity contribution is -0.137. The van der Waals surface area contributed by atoms with Crippen LogP contribution in [0.4, 0.5) is 24.5 Å². The zero-order chi connectivity index (χ0) is 53.7. The maximum atomic E-state index is 14.1. The number of aromatic nitrogens is 2. The van der Waals surface area contributed by atoms with Crippen molar-refractivity contribution < 1.29 is 54.2 Å². The molecule has 0 radical (unpaired) electrons. The van der Waals surface area contributed by atoms with Crippen molar-refractivity contribution >= 4 is 77.2 Å². The van der Waals surface area contributed by atoms with Gasteiger partial charge in [-0.15, -0.1) is 0 Å². The van der Waals surface area contributed by atoms with Crippen molar-refractivity contribution in [2.45, 2.75) is 74.1 Å². The lowest BCUT2D eigenvalue weighted by Crippen LogP contribution is -2.53. The second kappa shape index (κ2) is 23.0. The van der Waals surface area contributed by atoms with Gasteiger partial charge in [0.15, 0.2) is 0 Å². The van der Waals surface area contributed by atoms with Crippen LogP contribution in [0.5, 0.6) is 11.5 Å². The number of halogens is 4. The highest BCUT2D eigenvalue weighted by molar-refractivity contribution is 7.92. The molecule has 2 aromatic heterocycles. The summed E-state index contributed by atoms with van der Waals surface area (Å²) in [6, 6.07) is 18.3. The first-order chi connectivity index (χ1) is 35.5. The Kier molecular flexibility index (Phi) is 16.8. The number of hydrogen-bond donors (Lipinski definition) is 5. The molecule has 2 amide bonds. The molecular weight excluding hydrogens is 1040 g/mol. The second-order valence-electron chi connectivity index (χ2n) is 20.0. The maximum Gasteiger partial charge on any atom is 0.501 e. The van der Waals surface area contributed by atoms with Crippen LogP contribution in [0.1, 0.15) is 74.7 Å². The average Bonchev–Trinajstić information content (AvgIpc) is 3.82. The van der Waals surface area contributed by atoms with Gasteiger partial charge in [0.25, 0.3) is 25.8 Å². The largest absolute Gasteiger partial charge is 0.501 e. The van der Waals surface area contributed by atoms with Crippen LogP contribution < -0.4 is 25.0 Å². The van der Waals surface area contributed by atoms with E-state index in [-0.39, 0.29) is 47.3 Å². The van der Waals surface area contributed by atoms with E-state index in [2.05, 4.69) is 56.4 Å². The number of anilines is 2. The smallest absolute Gasteiger partial charge is 0.481 e. The van der Waals surface area contributed by atoms with Gasteiger partial charge in [-0.3, -0.25) is 19.3 Å². The number of allylic oxidation sites excluding steroid dienone is 1. The number of H-pyrrole nitrogens is 1. The predicted octanol–water partition coefficient (Wildman–Crippen LogP) is 8.31. The first kappa shape index (κ1) is 55.0.